The molecule has 0 bridgehead atoms. The Morgan fingerprint density at radius 1 is 0.649 bits per heavy atom. The first-order valence-electron chi connectivity index (χ1n) is 18.0. The molecular formula is C37H48O20. The van der Waals surface area contributed by atoms with Gasteiger partial charge in [0.05, 0.1) is 25.4 Å². The lowest BCUT2D eigenvalue weighted by Crippen LogP contribution is -2.66. The van der Waals surface area contributed by atoms with Crippen LogP contribution in [-0.2, 0) is 53.9 Å². The van der Waals surface area contributed by atoms with E-state index in [1.54, 1.807) is 0 Å². The van der Waals surface area contributed by atoms with E-state index in [1.165, 1.54) is 50.3 Å². The summed E-state index contributed by atoms with van der Waals surface area (Å²) in [5.41, 5.74) is 0.776. The molecule has 3 fully saturated rings. The van der Waals surface area contributed by atoms with Crippen LogP contribution in [0.4, 0.5) is 0 Å². The average Bonchev–Trinajstić information content (AvgIpc) is 3.16. The summed E-state index contributed by atoms with van der Waals surface area (Å²) >= 11 is 0. The molecule has 2 aromatic carbocycles. The van der Waals surface area contributed by atoms with Crippen LogP contribution < -0.4 is 0 Å². The molecule has 0 aromatic heterocycles. The molecule has 0 aliphatic carbocycles. The van der Waals surface area contributed by atoms with Crippen molar-refractivity contribution in [2.75, 3.05) is 13.2 Å². The minimum atomic E-state index is -1.90. The Bertz CT molecular complexity index is 1710. The van der Waals surface area contributed by atoms with Crippen LogP contribution in [0, 0.1) is 0 Å². The van der Waals surface area contributed by atoms with Crippen LogP contribution in [-0.4, -0.2) is 168 Å². The number of esters is 2. The molecular weight excluding hydrogens is 764 g/mol. The molecule has 0 amide bonds. The molecule has 0 spiro atoms. The molecule has 10 N–H and O–H groups in total. The van der Waals surface area contributed by atoms with Crippen molar-refractivity contribution in [2.24, 2.45) is 0 Å². The summed E-state index contributed by atoms with van der Waals surface area (Å²) in [5, 5.41) is 102. The quantitative estimate of drug-likeness (QED) is 0.0619. The lowest BCUT2D eigenvalue weighted by atomic mass is 9.96. The van der Waals surface area contributed by atoms with E-state index in [9.17, 15) is 60.7 Å². The smallest absolute Gasteiger partial charge is 0.331 e. The number of carbonyl (C=O) groups is 2. The van der Waals surface area contributed by atoms with E-state index >= 15 is 0 Å². The maximum Gasteiger partial charge on any atom is 0.331 e. The number of benzene rings is 2. The SMILES string of the molecule is CC(=O)OC1C(OCCc2ccc(O)c(O)c2)OC(COC2OC(C)C(O)C(O)C2O)C(OC(=O)/C=C/c2ccc(O)c(O)c2)C1OC1OC(C)C(O)C(O)C1O. The van der Waals surface area contributed by atoms with Crippen molar-refractivity contribution in [3.63, 3.8) is 0 Å². The summed E-state index contributed by atoms with van der Waals surface area (Å²) in [4.78, 5) is 26.1. The van der Waals surface area contributed by atoms with E-state index in [0.29, 0.717) is 5.56 Å². The second-order valence-electron chi connectivity index (χ2n) is 13.8. The highest BCUT2D eigenvalue weighted by Gasteiger charge is 2.55. The first-order valence-corrected chi connectivity index (χ1v) is 18.0. The monoisotopic (exact) mass is 812 g/mol. The van der Waals surface area contributed by atoms with Crippen LogP contribution in [0.2, 0.25) is 0 Å². The normalized spacial score (nSPS) is 35.8. The van der Waals surface area contributed by atoms with Crippen LogP contribution in [0.1, 0.15) is 31.9 Å². The van der Waals surface area contributed by atoms with E-state index in [0.717, 1.165) is 19.1 Å². The molecule has 3 heterocycles. The minimum absolute atomic E-state index is 0.107. The number of aliphatic hydroxyl groups excluding tert-OH is 6. The Balaban J connectivity index is 1.50. The first-order chi connectivity index (χ1) is 26.9. The summed E-state index contributed by atoms with van der Waals surface area (Å²) in [7, 11) is 0. The molecule has 3 saturated heterocycles. The predicted octanol–water partition coefficient (Wildman–Crippen LogP) is -1.59. The average molecular weight is 813 g/mol. The molecule has 3 aliphatic rings. The molecule has 0 radical (unpaired) electrons. The van der Waals surface area contributed by atoms with Gasteiger partial charge in [-0.05, 0) is 61.7 Å². The highest BCUT2D eigenvalue weighted by atomic mass is 16.8. The number of phenols is 4. The Kier molecular flexibility index (Phi) is 14.7. The van der Waals surface area contributed by atoms with E-state index in [4.69, 9.17) is 37.9 Å². The maximum absolute atomic E-state index is 13.5. The molecule has 5 rings (SSSR count). The fourth-order valence-corrected chi connectivity index (χ4v) is 6.38. The number of ether oxygens (including phenoxy) is 8. The molecule has 3 aliphatic heterocycles. The van der Waals surface area contributed by atoms with Crippen molar-refractivity contribution in [3.8, 4) is 23.0 Å². The van der Waals surface area contributed by atoms with E-state index in [1.807, 2.05) is 0 Å². The van der Waals surface area contributed by atoms with Crippen LogP contribution in [0.25, 0.3) is 6.08 Å². The summed E-state index contributed by atoms with van der Waals surface area (Å²) < 4.78 is 46.8. The Hall–Kier alpha value is -4.16. The molecule has 2 aromatic rings. The van der Waals surface area contributed by atoms with Crippen molar-refractivity contribution in [1.82, 2.24) is 0 Å². The Morgan fingerprint density at radius 3 is 1.86 bits per heavy atom. The number of rotatable bonds is 13. The minimum Gasteiger partial charge on any atom is -0.504 e. The van der Waals surface area contributed by atoms with Gasteiger partial charge in [0.2, 0.25) is 0 Å². The number of hydrogen-bond donors (Lipinski definition) is 10. The van der Waals surface area contributed by atoms with Gasteiger partial charge < -0.3 is 89.0 Å². The number of hydrogen-bond acceptors (Lipinski definition) is 20. The summed E-state index contributed by atoms with van der Waals surface area (Å²) in [6, 6.07) is 7.79. The lowest BCUT2D eigenvalue weighted by molar-refractivity contribution is -0.364. The molecule has 15 unspecified atom stereocenters. The lowest BCUT2D eigenvalue weighted by Gasteiger charge is -2.48. The van der Waals surface area contributed by atoms with Gasteiger partial charge in [0, 0.05) is 13.0 Å². The largest absolute Gasteiger partial charge is 0.504 e. The van der Waals surface area contributed by atoms with Gasteiger partial charge in [0.15, 0.2) is 54.1 Å². The van der Waals surface area contributed by atoms with Gasteiger partial charge in [-0.2, -0.15) is 0 Å². The third-order valence-electron chi connectivity index (χ3n) is 9.60. The molecule has 20 heteroatoms. The van der Waals surface area contributed by atoms with E-state index in [2.05, 4.69) is 0 Å². The fraction of sp³-hybridized carbons (Fsp3) is 0.568. The van der Waals surface area contributed by atoms with Crippen LogP contribution in [0.5, 0.6) is 23.0 Å². The first kappa shape index (κ1) is 44.0. The number of aliphatic hydroxyl groups is 6. The second-order valence-corrected chi connectivity index (χ2v) is 13.8. The van der Waals surface area contributed by atoms with Crippen molar-refractivity contribution in [3.05, 3.63) is 53.6 Å². The topological polar surface area (TPSA) is 310 Å². The summed E-state index contributed by atoms with van der Waals surface area (Å²) in [6.45, 7) is 3.05. The van der Waals surface area contributed by atoms with Crippen LogP contribution >= 0.6 is 0 Å². The van der Waals surface area contributed by atoms with Gasteiger partial charge >= 0.3 is 11.9 Å². The van der Waals surface area contributed by atoms with Crippen LogP contribution in [0.3, 0.4) is 0 Å². The Labute approximate surface area is 325 Å². The molecule has 15 atom stereocenters. The molecule has 316 valence electrons. The zero-order valence-electron chi connectivity index (χ0n) is 31.0. The second kappa shape index (κ2) is 19.1. The zero-order valence-corrected chi connectivity index (χ0v) is 31.0. The van der Waals surface area contributed by atoms with Gasteiger partial charge in [-0.3, -0.25) is 4.79 Å². The van der Waals surface area contributed by atoms with Crippen LogP contribution in [0.15, 0.2) is 42.5 Å². The van der Waals surface area contributed by atoms with E-state index < -0.39 is 128 Å². The molecule has 0 saturated carbocycles. The summed E-state index contributed by atoms with van der Waals surface area (Å²) in [6.07, 6.45) is -21.3. The van der Waals surface area contributed by atoms with Crippen molar-refractivity contribution in [2.45, 2.75) is 119 Å². The van der Waals surface area contributed by atoms with Crippen molar-refractivity contribution >= 4 is 18.0 Å². The maximum atomic E-state index is 13.5. The fourth-order valence-electron chi connectivity index (χ4n) is 6.38. The molecule has 20 nitrogen and oxygen atoms in total. The summed E-state index contributed by atoms with van der Waals surface area (Å²) in [5.74, 6) is -3.59. The van der Waals surface area contributed by atoms with Crippen molar-refractivity contribution in [1.29, 1.82) is 0 Å². The van der Waals surface area contributed by atoms with Gasteiger partial charge in [0.1, 0.15) is 48.8 Å². The van der Waals surface area contributed by atoms with E-state index in [-0.39, 0.29) is 24.3 Å². The van der Waals surface area contributed by atoms with Crippen molar-refractivity contribution < 1.29 is 98.5 Å². The number of carbonyl (C=O) groups excluding carboxylic acids is 2. The van der Waals surface area contributed by atoms with Gasteiger partial charge in [-0.25, -0.2) is 4.79 Å². The van der Waals surface area contributed by atoms with Gasteiger partial charge in [-0.1, -0.05) is 12.1 Å². The predicted molar refractivity (Wildman–Crippen MR) is 188 cm³/mol. The Morgan fingerprint density at radius 2 is 1.25 bits per heavy atom. The van der Waals surface area contributed by atoms with Gasteiger partial charge in [0.25, 0.3) is 0 Å². The highest BCUT2D eigenvalue weighted by molar-refractivity contribution is 5.87. The third kappa shape index (κ3) is 10.7. The highest BCUT2D eigenvalue weighted by Crippen LogP contribution is 2.35. The number of aromatic hydroxyl groups is 4. The number of phenolic OH excluding ortho intramolecular Hbond substituents is 4. The van der Waals surface area contributed by atoms with Gasteiger partial charge in [-0.15, -0.1) is 0 Å². The third-order valence-corrected chi connectivity index (χ3v) is 9.60. The standard InChI is InChI=1S/C37H48O20/c1-15-26(44)28(46)30(48)35(52-15)51-14-24-32(56-25(43)9-6-18-4-7-20(39)22(41)12-18)33(57-36-31(49)29(47)27(45)16(2)53-36)34(54-17(3)38)37(55-24)50-11-10-19-5-8-21(40)23(42)13-19/h4-9,12-13,15-16,24,26-37,39-42,44-49H,10-11,14H2,1-3H3/b9-6+. The zero-order chi connectivity index (χ0) is 41.7. The molecule has 57 heavy (non-hydrogen) atoms.